The van der Waals surface area contributed by atoms with E-state index < -0.39 is 0 Å². The summed E-state index contributed by atoms with van der Waals surface area (Å²) in [7, 11) is 1.72. The van der Waals surface area contributed by atoms with Crippen molar-refractivity contribution in [2.75, 3.05) is 26.8 Å². The van der Waals surface area contributed by atoms with Gasteiger partial charge in [-0.3, -0.25) is 4.79 Å². The fraction of sp³-hybridized carbons (Fsp3) is 0.562. The number of methoxy groups -OCH3 is 1. The lowest BCUT2D eigenvalue weighted by atomic mass is 9.94. The third kappa shape index (κ3) is 2.63. The number of hydrogen-bond donors (Lipinski definition) is 1. The van der Waals surface area contributed by atoms with Gasteiger partial charge in [-0.25, -0.2) is 0 Å². The number of nitrogens with two attached hydrogens (primary N) is 1. The molecule has 1 saturated heterocycles. The predicted octanol–water partition coefficient (Wildman–Crippen LogP) is 1.13. The summed E-state index contributed by atoms with van der Waals surface area (Å²) in [6, 6.07) is 7.83. The van der Waals surface area contributed by atoms with Crippen molar-refractivity contribution >= 4 is 5.91 Å². The third-order valence-electron chi connectivity index (χ3n) is 4.55. The van der Waals surface area contributed by atoms with Crippen molar-refractivity contribution < 1.29 is 14.3 Å². The number of piperidine rings is 1. The van der Waals surface area contributed by atoms with Crippen LogP contribution in [-0.4, -0.2) is 49.8 Å². The maximum atomic E-state index is 12.9. The molecule has 2 N–H and O–H groups in total. The second-order valence-electron chi connectivity index (χ2n) is 5.70. The van der Waals surface area contributed by atoms with Crippen LogP contribution >= 0.6 is 0 Å². The maximum absolute atomic E-state index is 12.9. The van der Waals surface area contributed by atoms with Crippen molar-refractivity contribution in [3.63, 3.8) is 0 Å². The van der Waals surface area contributed by atoms with Crippen LogP contribution in [0.3, 0.4) is 0 Å². The molecule has 0 saturated carbocycles. The van der Waals surface area contributed by atoms with Crippen LogP contribution in [0.5, 0.6) is 5.75 Å². The highest BCUT2D eigenvalue weighted by atomic mass is 16.5. The van der Waals surface area contributed by atoms with Crippen molar-refractivity contribution in [3.05, 3.63) is 29.8 Å². The molecule has 1 aromatic rings. The van der Waals surface area contributed by atoms with Crippen LogP contribution in [0.15, 0.2) is 24.3 Å². The first-order valence-corrected chi connectivity index (χ1v) is 7.49. The first-order valence-electron chi connectivity index (χ1n) is 7.49. The molecule has 5 nitrogen and oxygen atoms in total. The maximum Gasteiger partial charge on any atom is 0.234 e. The van der Waals surface area contributed by atoms with Gasteiger partial charge in [0.2, 0.25) is 5.91 Å². The Morgan fingerprint density at radius 2 is 2.29 bits per heavy atom. The minimum absolute atomic E-state index is 0.0592. The quantitative estimate of drug-likeness (QED) is 0.906. The van der Waals surface area contributed by atoms with Gasteiger partial charge in [0.15, 0.2) is 0 Å². The minimum Gasteiger partial charge on any atom is -0.492 e. The van der Waals surface area contributed by atoms with Gasteiger partial charge in [-0.1, -0.05) is 18.2 Å². The molecule has 5 heteroatoms. The average Bonchev–Trinajstić information content (AvgIpc) is 2.97. The van der Waals surface area contributed by atoms with Gasteiger partial charge >= 0.3 is 0 Å². The van der Waals surface area contributed by atoms with E-state index in [1.165, 1.54) is 0 Å². The van der Waals surface area contributed by atoms with Gasteiger partial charge in [-0.2, -0.15) is 0 Å². The molecule has 114 valence electrons. The van der Waals surface area contributed by atoms with E-state index in [-0.39, 0.29) is 24.0 Å². The average molecular weight is 290 g/mol. The van der Waals surface area contributed by atoms with Crippen LogP contribution in [0.1, 0.15) is 24.3 Å². The van der Waals surface area contributed by atoms with Crippen LogP contribution in [0.2, 0.25) is 0 Å². The van der Waals surface area contributed by atoms with Crippen LogP contribution in [0, 0.1) is 0 Å². The summed E-state index contributed by atoms with van der Waals surface area (Å²) in [6.07, 6.45) is 1.89. The summed E-state index contributed by atoms with van der Waals surface area (Å²) in [5, 5.41) is 0. The Hall–Kier alpha value is -1.59. The summed E-state index contributed by atoms with van der Waals surface area (Å²) < 4.78 is 11.0. The van der Waals surface area contributed by atoms with Crippen LogP contribution in [0.25, 0.3) is 0 Å². The number of nitrogens with zero attached hydrogens (tertiary/aromatic N) is 1. The van der Waals surface area contributed by atoms with Crippen molar-refractivity contribution in [2.45, 2.75) is 30.9 Å². The first-order chi connectivity index (χ1) is 10.2. The van der Waals surface area contributed by atoms with E-state index in [0.29, 0.717) is 19.7 Å². The van der Waals surface area contributed by atoms with Crippen molar-refractivity contribution in [3.8, 4) is 5.75 Å². The molecule has 2 aliphatic rings. The van der Waals surface area contributed by atoms with E-state index >= 15 is 0 Å². The SMILES string of the molecule is COC1CCN(C(=O)C2COc3ccccc32)C(CN)C1. The number of amides is 1. The molecule has 0 aliphatic carbocycles. The standard InChI is InChI=1S/C16H22N2O3/c1-20-12-6-7-18(11(8-12)9-17)16(19)14-10-21-15-5-3-2-4-13(14)15/h2-5,11-12,14H,6-10,17H2,1H3. The molecule has 1 aromatic carbocycles. The number of carbonyl (C=O) groups excluding carboxylic acids is 1. The molecule has 2 heterocycles. The van der Waals surface area contributed by atoms with E-state index in [1.807, 2.05) is 29.2 Å². The number of hydrogen-bond acceptors (Lipinski definition) is 4. The minimum atomic E-state index is -0.200. The van der Waals surface area contributed by atoms with Gasteiger partial charge in [-0.05, 0) is 18.9 Å². The molecule has 3 rings (SSSR count). The van der Waals surface area contributed by atoms with E-state index in [2.05, 4.69) is 0 Å². The largest absolute Gasteiger partial charge is 0.492 e. The van der Waals surface area contributed by atoms with E-state index in [0.717, 1.165) is 24.2 Å². The molecule has 0 radical (unpaired) electrons. The lowest BCUT2D eigenvalue weighted by molar-refractivity contribution is -0.138. The highest BCUT2D eigenvalue weighted by molar-refractivity contribution is 5.86. The molecular weight excluding hydrogens is 268 g/mol. The summed E-state index contributed by atoms with van der Waals surface area (Å²) in [5.74, 6) is 0.756. The second kappa shape index (κ2) is 6.03. The lowest BCUT2D eigenvalue weighted by Gasteiger charge is -2.39. The Labute approximate surface area is 125 Å². The summed E-state index contributed by atoms with van der Waals surface area (Å²) in [4.78, 5) is 14.8. The van der Waals surface area contributed by atoms with Crippen molar-refractivity contribution in [2.24, 2.45) is 5.73 Å². The Kier molecular flexibility index (Phi) is 4.12. The zero-order valence-corrected chi connectivity index (χ0v) is 12.3. The molecule has 0 bridgehead atoms. The number of para-hydroxylation sites is 1. The number of benzene rings is 1. The lowest BCUT2D eigenvalue weighted by Crippen LogP contribution is -2.52. The molecule has 0 aromatic heterocycles. The smallest absolute Gasteiger partial charge is 0.234 e. The number of likely N-dealkylation sites (tertiary alicyclic amines) is 1. The Morgan fingerprint density at radius 1 is 1.48 bits per heavy atom. The fourth-order valence-corrected chi connectivity index (χ4v) is 3.31. The Bertz CT molecular complexity index is 520. The van der Waals surface area contributed by atoms with Crippen molar-refractivity contribution in [1.29, 1.82) is 0 Å². The van der Waals surface area contributed by atoms with Crippen LogP contribution in [-0.2, 0) is 9.53 Å². The summed E-state index contributed by atoms with van der Waals surface area (Å²) >= 11 is 0. The van der Waals surface area contributed by atoms with Gasteiger partial charge in [0, 0.05) is 31.8 Å². The fourth-order valence-electron chi connectivity index (χ4n) is 3.31. The van der Waals surface area contributed by atoms with E-state index in [1.54, 1.807) is 7.11 Å². The predicted molar refractivity (Wildman–Crippen MR) is 79.3 cm³/mol. The van der Waals surface area contributed by atoms with Crippen molar-refractivity contribution in [1.82, 2.24) is 4.90 Å². The number of carbonyl (C=O) groups is 1. The molecule has 3 atom stereocenters. The van der Waals surface area contributed by atoms with Crippen LogP contribution < -0.4 is 10.5 Å². The zero-order chi connectivity index (χ0) is 14.8. The molecule has 0 spiro atoms. The molecule has 2 aliphatic heterocycles. The highest BCUT2D eigenvalue weighted by Gasteiger charge is 2.38. The Balaban J connectivity index is 1.76. The van der Waals surface area contributed by atoms with Gasteiger partial charge in [0.25, 0.3) is 0 Å². The molecule has 1 amide bonds. The van der Waals surface area contributed by atoms with Gasteiger partial charge in [0.1, 0.15) is 18.3 Å². The topological polar surface area (TPSA) is 64.8 Å². The van der Waals surface area contributed by atoms with E-state index in [4.69, 9.17) is 15.2 Å². The normalized spacial score (nSPS) is 28.1. The van der Waals surface area contributed by atoms with Crippen LogP contribution in [0.4, 0.5) is 0 Å². The monoisotopic (exact) mass is 290 g/mol. The highest BCUT2D eigenvalue weighted by Crippen LogP contribution is 2.35. The zero-order valence-electron chi connectivity index (χ0n) is 12.3. The third-order valence-corrected chi connectivity index (χ3v) is 4.55. The van der Waals surface area contributed by atoms with Gasteiger partial charge in [-0.15, -0.1) is 0 Å². The summed E-state index contributed by atoms with van der Waals surface area (Å²) in [5.41, 5.74) is 6.85. The second-order valence-corrected chi connectivity index (χ2v) is 5.70. The Morgan fingerprint density at radius 3 is 3.05 bits per heavy atom. The van der Waals surface area contributed by atoms with Gasteiger partial charge < -0.3 is 20.1 Å². The summed E-state index contributed by atoms with van der Waals surface area (Å²) in [6.45, 7) is 1.61. The number of rotatable bonds is 3. The molecule has 1 fully saturated rings. The first kappa shape index (κ1) is 14.4. The van der Waals surface area contributed by atoms with E-state index in [9.17, 15) is 4.79 Å². The molecule has 21 heavy (non-hydrogen) atoms. The number of ether oxygens (including phenoxy) is 2. The number of fused-ring (bicyclic) bond motifs is 1. The molecule has 3 unspecified atom stereocenters. The molecular formula is C16H22N2O3. The van der Waals surface area contributed by atoms with Gasteiger partial charge in [0.05, 0.1) is 6.10 Å².